The van der Waals surface area contributed by atoms with Gasteiger partial charge >= 0.3 is 0 Å². The molecule has 4 N–H and O–H groups in total. The van der Waals surface area contributed by atoms with Crippen molar-refractivity contribution in [2.24, 2.45) is 0 Å². The smallest absolute Gasteiger partial charge is 0.245 e. The number of carbonyl (C=O) groups is 5. The first kappa shape index (κ1) is 21.4. The third kappa shape index (κ3) is 6.69. The molecule has 1 aliphatic rings. The topological polar surface area (TPSA) is 137 Å². The first-order valence-corrected chi connectivity index (χ1v) is 8.49. The van der Waals surface area contributed by atoms with Gasteiger partial charge in [0.25, 0.3) is 0 Å². The fraction of sp³-hybridized carbons (Fsp3) is 0.688. The Hall–Kier alpha value is -2.65. The summed E-state index contributed by atoms with van der Waals surface area (Å²) in [6, 6.07) is 0. The Morgan fingerprint density at radius 3 is 1.88 bits per heavy atom. The maximum Gasteiger partial charge on any atom is 0.245 e. The Labute approximate surface area is 152 Å². The molecule has 1 heterocycles. The van der Waals surface area contributed by atoms with Crippen LogP contribution in [0.3, 0.4) is 0 Å². The van der Waals surface area contributed by atoms with Crippen molar-refractivity contribution in [3.8, 4) is 0 Å². The molecule has 0 bridgehead atoms. The Bertz CT molecular complexity index is 575. The minimum atomic E-state index is -1.18. The molecule has 1 saturated heterocycles. The Kier molecular flexibility index (Phi) is 8.01. The molecule has 146 valence electrons. The van der Waals surface area contributed by atoms with Gasteiger partial charge in [-0.3, -0.25) is 24.0 Å². The van der Waals surface area contributed by atoms with E-state index in [1.165, 1.54) is 11.9 Å². The van der Waals surface area contributed by atoms with E-state index in [0.29, 0.717) is 0 Å². The third-order valence-corrected chi connectivity index (χ3v) is 4.19. The number of carbonyl (C=O) groups excluding carboxylic acids is 5. The van der Waals surface area contributed by atoms with Gasteiger partial charge in [0.15, 0.2) is 0 Å². The fourth-order valence-corrected chi connectivity index (χ4v) is 2.19. The van der Waals surface area contributed by atoms with E-state index in [2.05, 4.69) is 21.3 Å². The van der Waals surface area contributed by atoms with Gasteiger partial charge in [0.05, 0.1) is 6.54 Å². The predicted molar refractivity (Wildman–Crippen MR) is 92.7 cm³/mol. The second-order valence-corrected chi connectivity index (χ2v) is 6.49. The highest BCUT2D eigenvalue weighted by Gasteiger charge is 2.35. The van der Waals surface area contributed by atoms with E-state index in [4.69, 9.17) is 0 Å². The lowest BCUT2D eigenvalue weighted by Gasteiger charge is -2.34. The Morgan fingerprint density at radius 1 is 0.731 bits per heavy atom. The molecule has 0 aromatic carbocycles. The van der Waals surface area contributed by atoms with Crippen LogP contribution < -0.4 is 21.3 Å². The van der Waals surface area contributed by atoms with Crippen LogP contribution in [0.2, 0.25) is 0 Å². The molecule has 0 aliphatic carbocycles. The number of hydrogen-bond donors (Lipinski definition) is 4. The molecule has 0 radical (unpaired) electrons. The maximum atomic E-state index is 12.3. The van der Waals surface area contributed by atoms with Crippen LogP contribution in [-0.4, -0.2) is 73.2 Å². The van der Waals surface area contributed by atoms with Gasteiger partial charge in [-0.2, -0.15) is 0 Å². The molecule has 0 atom stereocenters. The van der Waals surface area contributed by atoms with Crippen LogP contribution in [0.25, 0.3) is 0 Å². The van der Waals surface area contributed by atoms with Crippen molar-refractivity contribution in [3.05, 3.63) is 0 Å². The molecule has 0 aromatic heterocycles. The zero-order valence-corrected chi connectivity index (χ0v) is 15.4. The van der Waals surface area contributed by atoms with Gasteiger partial charge in [0, 0.05) is 45.9 Å². The molecular weight excluding hydrogens is 342 g/mol. The zero-order chi connectivity index (χ0) is 19.7. The van der Waals surface area contributed by atoms with Crippen LogP contribution in [0.1, 0.15) is 33.1 Å². The van der Waals surface area contributed by atoms with E-state index in [0.717, 1.165) is 0 Å². The summed E-state index contributed by atoms with van der Waals surface area (Å²) < 4.78 is 0. The highest BCUT2D eigenvalue weighted by atomic mass is 16.2. The second kappa shape index (κ2) is 9.73. The lowest BCUT2D eigenvalue weighted by molar-refractivity contribution is -0.145. The summed E-state index contributed by atoms with van der Waals surface area (Å²) in [6.45, 7) is 3.50. The number of nitrogens with one attached hydrogen (secondary N) is 4. The Balaban J connectivity index is 2.77. The van der Waals surface area contributed by atoms with Crippen molar-refractivity contribution in [3.63, 3.8) is 0 Å². The number of nitrogens with zero attached hydrogens (tertiary/aromatic N) is 1. The van der Waals surface area contributed by atoms with Crippen LogP contribution in [0, 0.1) is 0 Å². The van der Waals surface area contributed by atoms with Crippen molar-refractivity contribution < 1.29 is 24.0 Å². The van der Waals surface area contributed by atoms with Crippen molar-refractivity contribution in [1.29, 1.82) is 0 Å². The summed E-state index contributed by atoms with van der Waals surface area (Å²) in [5.41, 5.74) is -1.18. The van der Waals surface area contributed by atoms with Crippen LogP contribution in [0.15, 0.2) is 0 Å². The zero-order valence-electron chi connectivity index (χ0n) is 15.4. The van der Waals surface area contributed by atoms with E-state index < -0.39 is 17.4 Å². The first-order chi connectivity index (χ1) is 12.1. The lowest BCUT2D eigenvalue weighted by Crippen LogP contribution is -2.56. The number of amides is 5. The van der Waals surface area contributed by atoms with Crippen LogP contribution in [0.4, 0.5) is 0 Å². The predicted octanol–water partition coefficient (Wildman–Crippen LogP) is -2.13. The average Bonchev–Trinajstić information content (AvgIpc) is 2.59. The first-order valence-electron chi connectivity index (χ1n) is 8.49. The molecule has 26 heavy (non-hydrogen) atoms. The van der Waals surface area contributed by atoms with Crippen LogP contribution >= 0.6 is 0 Å². The van der Waals surface area contributed by atoms with Crippen molar-refractivity contribution in [1.82, 2.24) is 26.2 Å². The summed E-state index contributed by atoms with van der Waals surface area (Å²) in [5.74, 6) is -1.85. The Morgan fingerprint density at radius 2 is 1.27 bits per heavy atom. The van der Waals surface area contributed by atoms with E-state index in [-0.39, 0.29) is 63.2 Å². The van der Waals surface area contributed by atoms with E-state index in [1.54, 1.807) is 13.8 Å². The van der Waals surface area contributed by atoms with E-state index >= 15 is 0 Å². The van der Waals surface area contributed by atoms with Gasteiger partial charge in [-0.1, -0.05) is 0 Å². The normalized spacial score (nSPS) is 21.7. The quantitative estimate of drug-likeness (QED) is 0.387. The van der Waals surface area contributed by atoms with Gasteiger partial charge in [0.2, 0.25) is 29.5 Å². The molecule has 10 heteroatoms. The average molecular weight is 369 g/mol. The number of likely N-dealkylation sites (N-methyl/N-ethyl adjacent to an activating group) is 1. The van der Waals surface area contributed by atoms with Crippen molar-refractivity contribution >= 4 is 29.5 Å². The van der Waals surface area contributed by atoms with E-state index in [1.807, 2.05) is 0 Å². The van der Waals surface area contributed by atoms with Crippen LogP contribution in [-0.2, 0) is 24.0 Å². The highest BCUT2D eigenvalue weighted by molar-refractivity contribution is 5.93. The van der Waals surface area contributed by atoms with Gasteiger partial charge in [-0.15, -0.1) is 0 Å². The monoisotopic (exact) mass is 369 g/mol. The molecule has 1 aliphatic heterocycles. The molecule has 0 unspecified atom stereocenters. The fourth-order valence-electron chi connectivity index (χ4n) is 2.19. The summed E-state index contributed by atoms with van der Waals surface area (Å²) in [5, 5.41) is 10.2. The van der Waals surface area contributed by atoms with E-state index in [9.17, 15) is 24.0 Å². The summed E-state index contributed by atoms with van der Waals surface area (Å²) >= 11 is 0. The van der Waals surface area contributed by atoms with Gasteiger partial charge in [-0.25, -0.2) is 0 Å². The minimum Gasteiger partial charge on any atom is -0.354 e. The number of rotatable bonds is 0. The number of hydrogen-bond acceptors (Lipinski definition) is 5. The van der Waals surface area contributed by atoms with Gasteiger partial charge < -0.3 is 26.2 Å². The molecule has 1 rings (SSSR count). The molecule has 0 spiro atoms. The largest absolute Gasteiger partial charge is 0.354 e. The molecular formula is C16H27N5O5. The summed E-state index contributed by atoms with van der Waals surface area (Å²) in [4.78, 5) is 60.9. The highest BCUT2D eigenvalue weighted by Crippen LogP contribution is 2.14. The summed E-state index contributed by atoms with van der Waals surface area (Å²) in [6.07, 6.45) is 0.0273. The SMILES string of the molecule is CN1C(=O)CCC(=O)NCCNC(=O)CCNC(=O)CNC(=O)C1(C)C. The standard InChI is InChI=1S/C16H27N5O5/c1-16(2)15(26)20-10-13(24)17-7-6-12(23)19-9-8-18-11(22)4-5-14(25)21(16)3/h4-10H2,1-3H3,(H,17,24)(H,18,22)(H,19,23)(H,20,26). The van der Waals surface area contributed by atoms with Gasteiger partial charge in [0.1, 0.15) is 5.54 Å². The van der Waals surface area contributed by atoms with Gasteiger partial charge in [-0.05, 0) is 13.8 Å². The second-order valence-electron chi connectivity index (χ2n) is 6.49. The third-order valence-electron chi connectivity index (χ3n) is 4.19. The molecule has 10 nitrogen and oxygen atoms in total. The molecule has 5 amide bonds. The maximum absolute atomic E-state index is 12.3. The van der Waals surface area contributed by atoms with Crippen LogP contribution in [0.5, 0.6) is 0 Å². The minimum absolute atomic E-state index is 0.0166. The van der Waals surface area contributed by atoms with Crippen molar-refractivity contribution in [2.75, 3.05) is 33.2 Å². The molecule has 0 saturated carbocycles. The van der Waals surface area contributed by atoms with Crippen molar-refractivity contribution in [2.45, 2.75) is 38.6 Å². The lowest BCUT2D eigenvalue weighted by atomic mass is 10.0. The molecule has 1 fully saturated rings. The summed E-state index contributed by atoms with van der Waals surface area (Å²) in [7, 11) is 1.48. The molecule has 0 aromatic rings.